The van der Waals surface area contributed by atoms with Crippen LogP contribution in [0.15, 0.2) is 12.1 Å². The Morgan fingerprint density at radius 3 is 2.74 bits per heavy atom. The Morgan fingerprint density at radius 2 is 2.05 bits per heavy atom. The molecular weight excluding hydrogens is 252 g/mol. The molecule has 0 atom stereocenters. The number of tetrazole rings is 1. The maximum absolute atomic E-state index is 13.8. The van der Waals surface area contributed by atoms with Crippen molar-refractivity contribution in [1.29, 1.82) is 0 Å². The van der Waals surface area contributed by atoms with Crippen molar-refractivity contribution >= 4 is 5.69 Å². The fraction of sp³-hybridized carbons (Fsp3) is 0.417. The van der Waals surface area contributed by atoms with Gasteiger partial charge in [-0.2, -0.15) is 0 Å². The number of nitrogens with zero attached hydrogens (tertiary/aromatic N) is 4. The van der Waals surface area contributed by atoms with Crippen molar-refractivity contribution in [3.8, 4) is 11.4 Å². The molecule has 1 fully saturated rings. The molecule has 1 aromatic carbocycles. The van der Waals surface area contributed by atoms with Crippen LogP contribution in [0.1, 0.15) is 19.8 Å². The standard InChI is InChI=1S/C12H13F2N5/c1-12(2-3-12)6-19-11(16-17-18-19)7-4-10(15)9(14)5-8(7)13/h4-5H,2-3,6,15H2,1H3. The van der Waals surface area contributed by atoms with E-state index in [2.05, 4.69) is 22.4 Å². The van der Waals surface area contributed by atoms with Gasteiger partial charge in [-0.05, 0) is 34.7 Å². The number of benzene rings is 1. The molecule has 1 saturated carbocycles. The van der Waals surface area contributed by atoms with Crippen LogP contribution in [0.25, 0.3) is 11.4 Å². The van der Waals surface area contributed by atoms with Crippen molar-refractivity contribution in [3.63, 3.8) is 0 Å². The summed E-state index contributed by atoms with van der Waals surface area (Å²) in [5.74, 6) is -1.23. The zero-order chi connectivity index (χ0) is 13.6. The summed E-state index contributed by atoms with van der Waals surface area (Å²) in [6, 6.07) is 1.98. The Labute approximate surface area is 108 Å². The zero-order valence-electron chi connectivity index (χ0n) is 10.4. The second-order valence-corrected chi connectivity index (χ2v) is 5.32. The van der Waals surface area contributed by atoms with E-state index in [4.69, 9.17) is 5.73 Å². The Kier molecular flexibility index (Phi) is 2.51. The van der Waals surface area contributed by atoms with E-state index < -0.39 is 11.6 Å². The second kappa shape index (κ2) is 3.97. The highest BCUT2D eigenvalue weighted by molar-refractivity contribution is 5.62. The molecular formula is C12H13F2N5. The van der Waals surface area contributed by atoms with Crippen LogP contribution < -0.4 is 5.73 Å². The number of rotatable bonds is 3. The number of nitrogen functional groups attached to an aromatic ring is 1. The van der Waals surface area contributed by atoms with Crippen LogP contribution in [0.4, 0.5) is 14.5 Å². The Hall–Kier alpha value is -2.05. The average Bonchev–Trinajstić information content (AvgIpc) is 2.89. The van der Waals surface area contributed by atoms with E-state index in [0.29, 0.717) is 6.54 Å². The largest absolute Gasteiger partial charge is 0.396 e. The maximum atomic E-state index is 13.8. The molecule has 5 nitrogen and oxygen atoms in total. The predicted octanol–water partition coefficient (Wildman–Crippen LogP) is 2.00. The Balaban J connectivity index is 2.02. The van der Waals surface area contributed by atoms with Gasteiger partial charge < -0.3 is 5.73 Å². The van der Waals surface area contributed by atoms with E-state index in [0.717, 1.165) is 18.9 Å². The highest BCUT2D eigenvalue weighted by Gasteiger charge is 2.38. The van der Waals surface area contributed by atoms with Gasteiger partial charge in [0.1, 0.15) is 11.6 Å². The summed E-state index contributed by atoms with van der Waals surface area (Å²) in [6.45, 7) is 2.74. The molecule has 2 N–H and O–H groups in total. The summed E-state index contributed by atoms with van der Waals surface area (Å²) in [7, 11) is 0. The third-order valence-corrected chi connectivity index (χ3v) is 3.49. The van der Waals surface area contributed by atoms with E-state index in [-0.39, 0.29) is 22.5 Å². The third-order valence-electron chi connectivity index (χ3n) is 3.49. The van der Waals surface area contributed by atoms with Gasteiger partial charge in [0.15, 0.2) is 5.82 Å². The van der Waals surface area contributed by atoms with Gasteiger partial charge in [-0.25, -0.2) is 13.5 Å². The molecule has 0 unspecified atom stereocenters. The van der Waals surface area contributed by atoms with Gasteiger partial charge in [0.05, 0.1) is 17.8 Å². The first-order chi connectivity index (χ1) is 8.98. The first-order valence-electron chi connectivity index (χ1n) is 6.00. The normalized spacial score (nSPS) is 16.6. The van der Waals surface area contributed by atoms with E-state index in [1.807, 2.05) is 0 Å². The number of hydrogen-bond acceptors (Lipinski definition) is 4. The molecule has 0 saturated heterocycles. The summed E-state index contributed by atoms with van der Waals surface area (Å²) in [5, 5.41) is 11.2. The van der Waals surface area contributed by atoms with Crippen LogP contribution in [0.5, 0.6) is 0 Å². The fourth-order valence-electron chi connectivity index (χ4n) is 1.97. The molecule has 3 rings (SSSR count). The Morgan fingerprint density at radius 1 is 1.32 bits per heavy atom. The molecule has 1 aliphatic rings. The minimum atomic E-state index is -0.783. The lowest BCUT2D eigenvalue weighted by Gasteiger charge is -2.10. The van der Waals surface area contributed by atoms with Gasteiger partial charge in [0.25, 0.3) is 0 Å². The molecule has 1 aromatic heterocycles. The van der Waals surface area contributed by atoms with Crippen molar-refractivity contribution in [2.24, 2.45) is 5.41 Å². The van der Waals surface area contributed by atoms with Gasteiger partial charge in [-0.3, -0.25) is 0 Å². The van der Waals surface area contributed by atoms with Crippen LogP contribution in [0.2, 0.25) is 0 Å². The van der Waals surface area contributed by atoms with Crippen molar-refractivity contribution in [1.82, 2.24) is 20.2 Å². The lowest BCUT2D eigenvalue weighted by atomic mass is 10.1. The first kappa shape index (κ1) is 12.0. The lowest BCUT2D eigenvalue weighted by molar-refractivity contribution is 0.427. The minimum absolute atomic E-state index is 0.119. The second-order valence-electron chi connectivity index (χ2n) is 5.32. The van der Waals surface area contributed by atoms with Crippen molar-refractivity contribution in [3.05, 3.63) is 23.8 Å². The van der Waals surface area contributed by atoms with E-state index in [1.165, 1.54) is 6.07 Å². The molecule has 2 aromatic rings. The summed E-state index contributed by atoms with van der Waals surface area (Å²) in [4.78, 5) is 0. The average molecular weight is 265 g/mol. The van der Waals surface area contributed by atoms with Crippen molar-refractivity contribution < 1.29 is 8.78 Å². The molecule has 1 heterocycles. The maximum Gasteiger partial charge on any atom is 0.185 e. The quantitative estimate of drug-likeness (QED) is 0.862. The smallest absolute Gasteiger partial charge is 0.185 e. The number of hydrogen-bond donors (Lipinski definition) is 1. The van der Waals surface area contributed by atoms with Crippen LogP contribution in [-0.2, 0) is 6.54 Å². The molecule has 19 heavy (non-hydrogen) atoms. The molecule has 0 spiro atoms. The third kappa shape index (κ3) is 2.16. The lowest BCUT2D eigenvalue weighted by Crippen LogP contribution is -2.11. The number of aromatic nitrogens is 4. The van der Waals surface area contributed by atoms with Crippen molar-refractivity contribution in [2.45, 2.75) is 26.3 Å². The van der Waals surface area contributed by atoms with Crippen LogP contribution in [-0.4, -0.2) is 20.2 Å². The molecule has 100 valence electrons. The number of anilines is 1. The Bertz CT molecular complexity index is 633. The highest BCUT2D eigenvalue weighted by atomic mass is 19.1. The van der Waals surface area contributed by atoms with Gasteiger partial charge in [-0.1, -0.05) is 6.92 Å². The van der Waals surface area contributed by atoms with Gasteiger partial charge in [0, 0.05) is 6.07 Å². The highest BCUT2D eigenvalue weighted by Crippen LogP contribution is 2.46. The topological polar surface area (TPSA) is 69.6 Å². The molecule has 0 bridgehead atoms. The van der Waals surface area contributed by atoms with E-state index >= 15 is 0 Å². The summed E-state index contributed by atoms with van der Waals surface area (Å²) in [5.41, 5.74) is 5.64. The zero-order valence-corrected chi connectivity index (χ0v) is 10.4. The fourth-order valence-corrected chi connectivity index (χ4v) is 1.97. The van der Waals surface area contributed by atoms with Crippen LogP contribution >= 0.6 is 0 Å². The van der Waals surface area contributed by atoms with Gasteiger partial charge >= 0.3 is 0 Å². The molecule has 0 radical (unpaired) electrons. The number of halogens is 2. The molecule has 7 heteroatoms. The molecule has 0 amide bonds. The molecule has 0 aliphatic heterocycles. The minimum Gasteiger partial charge on any atom is -0.396 e. The summed E-state index contributed by atoms with van der Waals surface area (Å²) >= 11 is 0. The van der Waals surface area contributed by atoms with Crippen LogP contribution in [0.3, 0.4) is 0 Å². The monoisotopic (exact) mass is 265 g/mol. The van der Waals surface area contributed by atoms with Gasteiger partial charge in [-0.15, -0.1) is 5.10 Å². The number of nitrogens with two attached hydrogens (primary N) is 1. The van der Waals surface area contributed by atoms with Crippen molar-refractivity contribution in [2.75, 3.05) is 5.73 Å². The van der Waals surface area contributed by atoms with E-state index in [9.17, 15) is 8.78 Å². The molecule has 1 aliphatic carbocycles. The van der Waals surface area contributed by atoms with E-state index in [1.54, 1.807) is 4.68 Å². The summed E-state index contributed by atoms with van der Waals surface area (Å²) < 4.78 is 28.5. The SMILES string of the molecule is CC1(Cn2nnnc2-c2cc(N)c(F)cc2F)CC1. The summed E-state index contributed by atoms with van der Waals surface area (Å²) in [6.07, 6.45) is 2.20. The first-order valence-corrected chi connectivity index (χ1v) is 6.00. The predicted molar refractivity (Wildman–Crippen MR) is 64.9 cm³/mol. The van der Waals surface area contributed by atoms with Gasteiger partial charge in [0.2, 0.25) is 0 Å². The van der Waals surface area contributed by atoms with Crippen LogP contribution in [0, 0.1) is 17.0 Å².